The highest BCUT2D eigenvalue weighted by atomic mass is 35.5. The van der Waals surface area contributed by atoms with Gasteiger partial charge in [-0.15, -0.1) is 12.4 Å². The molecule has 0 atom stereocenters. The fraction of sp³-hybridized carbons (Fsp3) is 1.00. The Kier molecular flexibility index (Phi) is 1.76. The number of fused-ring (bicyclic) bond motifs is 1. The fourth-order valence-electron chi connectivity index (χ4n) is 3.30. The smallest absolute Gasteiger partial charge is 0.260 e. The minimum atomic E-state index is -2.32. The molecule has 1 saturated heterocycles. The van der Waals surface area contributed by atoms with Crippen LogP contribution in [-0.4, -0.2) is 19.0 Å². The number of hydrogen-bond donors (Lipinski definition) is 1. The molecule has 1 N–H and O–H groups in total. The molecule has 3 fully saturated rings. The van der Waals surface area contributed by atoms with Gasteiger partial charge in [-0.05, 0) is 38.8 Å². The zero-order valence-corrected chi connectivity index (χ0v) is 8.22. The molecule has 0 aromatic rings. The van der Waals surface area contributed by atoms with Crippen molar-refractivity contribution in [2.75, 3.05) is 13.1 Å². The topological polar surface area (TPSA) is 12.0 Å². The van der Waals surface area contributed by atoms with Crippen LogP contribution in [0.4, 0.5) is 8.78 Å². The first-order chi connectivity index (χ1) is 5.66. The van der Waals surface area contributed by atoms with Gasteiger partial charge in [0, 0.05) is 10.8 Å². The van der Waals surface area contributed by atoms with Gasteiger partial charge < -0.3 is 5.32 Å². The molecule has 1 aliphatic heterocycles. The minimum Gasteiger partial charge on any atom is -0.317 e. The largest absolute Gasteiger partial charge is 0.317 e. The Hall–Kier alpha value is 0.110. The van der Waals surface area contributed by atoms with Gasteiger partial charge in [0.15, 0.2) is 0 Å². The Labute approximate surface area is 82.7 Å². The molecule has 76 valence electrons. The summed E-state index contributed by atoms with van der Waals surface area (Å²) in [5, 5.41) is 3.15. The second-order valence-corrected chi connectivity index (χ2v) is 4.49. The molecule has 3 aliphatic rings. The maximum Gasteiger partial charge on any atom is 0.260 e. The monoisotopic (exact) mass is 209 g/mol. The third-order valence-electron chi connectivity index (χ3n) is 4.26. The Morgan fingerprint density at radius 1 is 0.846 bits per heavy atom. The standard InChI is InChI=1S/C9H13F2N.ClH/c10-9(11)7(1-2-7)8(9)3-5-12-6-4-8;/h12H,1-6H2;1H. The summed E-state index contributed by atoms with van der Waals surface area (Å²) in [6.45, 7) is 1.58. The van der Waals surface area contributed by atoms with Gasteiger partial charge in [-0.25, -0.2) is 8.78 Å². The molecule has 0 unspecified atom stereocenters. The molecule has 3 rings (SSSR count). The average molecular weight is 210 g/mol. The van der Waals surface area contributed by atoms with Gasteiger partial charge in [0.1, 0.15) is 0 Å². The molecule has 0 aromatic carbocycles. The summed E-state index contributed by atoms with van der Waals surface area (Å²) in [7, 11) is 0. The third-order valence-corrected chi connectivity index (χ3v) is 4.26. The highest BCUT2D eigenvalue weighted by Crippen LogP contribution is 2.89. The first-order valence-corrected chi connectivity index (χ1v) is 4.75. The summed E-state index contributed by atoms with van der Waals surface area (Å²) in [5.74, 6) is -2.32. The summed E-state index contributed by atoms with van der Waals surface area (Å²) in [6.07, 6.45) is 2.94. The number of halogens is 3. The molecular weight excluding hydrogens is 196 g/mol. The van der Waals surface area contributed by atoms with E-state index in [-0.39, 0.29) is 12.4 Å². The van der Waals surface area contributed by atoms with Gasteiger partial charge in [0.05, 0.1) is 0 Å². The molecule has 13 heavy (non-hydrogen) atoms. The van der Waals surface area contributed by atoms with E-state index >= 15 is 0 Å². The molecule has 0 amide bonds. The zero-order chi connectivity index (χ0) is 8.45. The number of piperidine rings is 1. The minimum absolute atomic E-state index is 0. The lowest BCUT2D eigenvalue weighted by molar-refractivity contribution is 0.0447. The lowest BCUT2D eigenvalue weighted by Crippen LogP contribution is -2.32. The van der Waals surface area contributed by atoms with Gasteiger partial charge in [-0.3, -0.25) is 0 Å². The van der Waals surface area contributed by atoms with E-state index in [0.717, 1.165) is 25.9 Å². The highest BCUT2D eigenvalue weighted by molar-refractivity contribution is 5.85. The second kappa shape index (κ2) is 2.37. The molecule has 0 radical (unpaired) electrons. The lowest BCUT2D eigenvalue weighted by Gasteiger charge is -2.22. The number of rotatable bonds is 0. The van der Waals surface area contributed by atoms with Gasteiger partial charge in [-0.2, -0.15) is 0 Å². The third kappa shape index (κ3) is 0.769. The summed E-state index contributed by atoms with van der Waals surface area (Å²) >= 11 is 0. The lowest BCUT2D eigenvalue weighted by atomic mass is 9.90. The molecule has 2 saturated carbocycles. The van der Waals surface area contributed by atoms with Crippen molar-refractivity contribution in [1.82, 2.24) is 5.32 Å². The average Bonchev–Trinajstić information content (AvgIpc) is 2.91. The van der Waals surface area contributed by atoms with Crippen molar-refractivity contribution >= 4 is 12.4 Å². The maximum atomic E-state index is 13.5. The van der Waals surface area contributed by atoms with Crippen LogP contribution in [0.5, 0.6) is 0 Å². The summed E-state index contributed by atoms with van der Waals surface area (Å²) in [4.78, 5) is 0. The van der Waals surface area contributed by atoms with E-state index in [1.165, 1.54) is 0 Å². The van der Waals surface area contributed by atoms with Gasteiger partial charge in [0.2, 0.25) is 0 Å². The van der Waals surface area contributed by atoms with E-state index in [0.29, 0.717) is 12.8 Å². The first-order valence-electron chi connectivity index (χ1n) is 4.75. The second-order valence-electron chi connectivity index (χ2n) is 4.49. The van der Waals surface area contributed by atoms with Crippen LogP contribution in [0.15, 0.2) is 0 Å². The van der Waals surface area contributed by atoms with E-state index in [1.54, 1.807) is 0 Å². The molecule has 0 aromatic heterocycles. The van der Waals surface area contributed by atoms with Crippen molar-refractivity contribution < 1.29 is 8.78 Å². The normalized spacial score (nSPS) is 35.5. The molecule has 2 aliphatic carbocycles. The SMILES string of the molecule is Cl.FC1(F)C2(CCNCC2)C12CC2. The van der Waals surface area contributed by atoms with E-state index < -0.39 is 16.8 Å². The van der Waals surface area contributed by atoms with Crippen molar-refractivity contribution in [3.63, 3.8) is 0 Å². The molecular formula is C9H14ClF2N. The maximum absolute atomic E-state index is 13.5. The summed E-state index contributed by atoms with van der Waals surface area (Å²) < 4.78 is 27.0. The number of nitrogens with one attached hydrogen (secondary N) is 1. The molecule has 4 heteroatoms. The van der Waals surface area contributed by atoms with Crippen molar-refractivity contribution in [2.45, 2.75) is 31.6 Å². The predicted octanol–water partition coefficient (Wildman–Crippen LogP) is 2.21. The van der Waals surface area contributed by atoms with E-state index in [4.69, 9.17) is 0 Å². The Morgan fingerprint density at radius 3 is 1.69 bits per heavy atom. The quantitative estimate of drug-likeness (QED) is 0.645. The fourth-order valence-corrected chi connectivity index (χ4v) is 3.30. The van der Waals surface area contributed by atoms with E-state index in [2.05, 4.69) is 5.32 Å². The van der Waals surface area contributed by atoms with Crippen LogP contribution in [0.3, 0.4) is 0 Å². The van der Waals surface area contributed by atoms with Crippen LogP contribution in [0.25, 0.3) is 0 Å². The molecule has 2 spiro atoms. The highest BCUT2D eigenvalue weighted by Gasteiger charge is 2.94. The number of alkyl halides is 2. The molecule has 1 heterocycles. The van der Waals surface area contributed by atoms with Crippen LogP contribution in [0.2, 0.25) is 0 Å². The number of hydrogen-bond acceptors (Lipinski definition) is 1. The van der Waals surface area contributed by atoms with E-state index in [1.807, 2.05) is 0 Å². The Balaban J connectivity index is 0.000000653. The van der Waals surface area contributed by atoms with Gasteiger partial charge in [0.25, 0.3) is 5.92 Å². The van der Waals surface area contributed by atoms with Gasteiger partial charge in [-0.1, -0.05) is 0 Å². The van der Waals surface area contributed by atoms with Crippen molar-refractivity contribution in [3.8, 4) is 0 Å². The van der Waals surface area contributed by atoms with Crippen molar-refractivity contribution in [2.24, 2.45) is 10.8 Å². The van der Waals surface area contributed by atoms with Crippen LogP contribution in [0.1, 0.15) is 25.7 Å². The first kappa shape index (κ1) is 9.66. The Bertz CT molecular complexity index is 226. The van der Waals surface area contributed by atoms with Crippen molar-refractivity contribution in [3.05, 3.63) is 0 Å². The predicted molar refractivity (Wildman–Crippen MR) is 48.4 cm³/mol. The zero-order valence-electron chi connectivity index (χ0n) is 7.41. The van der Waals surface area contributed by atoms with Gasteiger partial charge >= 0.3 is 0 Å². The van der Waals surface area contributed by atoms with Crippen LogP contribution >= 0.6 is 12.4 Å². The summed E-state index contributed by atoms with van der Waals surface area (Å²) in [6, 6.07) is 0. The van der Waals surface area contributed by atoms with Crippen LogP contribution < -0.4 is 5.32 Å². The van der Waals surface area contributed by atoms with Crippen molar-refractivity contribution in [1.29, 1.82) is 0 Å². The molecule has 1 nitrogen and oxygen atoms in total. The Morgan fingerprint density at radius 2 is 1.31 bits per heavy atom. The molecule has 0 bridgehead atoms. The van der Waals surface area contributed by atoms with E-state index in [9.17, 15) is 8.78 Å². The summed E-state index contributed by atoms with van der Waals surface area (Å²) in [5.41, 5.74) is -1.08. The van der Waals surface area contributed by atoms with Crippen LogP contribution in [-0.2, 0) is 0 Å². The van der Waals surface area contributed by atoms with Crippen LogP contribution in [0, 0.1) is 10.8 Å².